The molecule has 150 valence electrons. The van der Waals surface area contributed by atoms with Crippen LogP contribution in [0.5, 0.6) is 0 Å². The summed E-state index contributed by atoms with van der Waals surface area (Å²) in [5, 5.41) is 4.44. The molecule has 0 spiro atoms. The van der Waals surface area contributed by atoms with Crippen LogP contribution in [0.2, 0.25) is 0 Å². The Bertz CT molecular complexity index is 1770. The number of oxazole rings is 1. The highest BCUT2D eigenvalue weighted by Gasteiger charge is 2.14. The van der Waals surface area contributed by atoms with Gasteiger partial charge in [-0.2, -0.15) is 0 Å². The largest absolute Gasteiger partial charge is 0.455 e. The van der Waals surface area contributed by atoms with Gasteiger partial charge in [0.1, 0.15) is 16.7 Å². The summed E-state index contributed by atoms with van der Waals surface area (Å²) in [4.78, 5) is 4.70. The summed E-state index contributed by atoms with van der Waals surface area (Å²) in [5.41, 5.74) is 6.68. The molecule has 32 heavy (non-hydrogen) atoms. The van der Waals surface area contributed by atoms with Crippen LogP contribution in [0.1, 0.15) is 0 Å². The Morgan fingerprint density at radius 1 is 0.531 bits per heavy atom. The van der Waals surface area contributed by atoms with E-state index in [1.807, 2.05) is 54.6 Å². The molecule has 0 saturated carbocycles. The number of para-hydroxylation sites is 2. The van der Waals surface area contributed by atoms with E-state index >= 15 is 0 Å². The first kappa shape index (κ1) is 17.3. The second-order valence-corrected chi connectivity index (χ2v) is 8.02. The van der Waals surface area contributed by atoms with Crippen molar-refractivity contribution in [1.82, 2.24) is 4.98 Å². The van der Waals surface area contributed by atoms with Gasteiger partial charge in [-0.1, -0.05) is 66.7 Å². The molecule has 7 aromatic rings. The van der Waals surface area contributed by atoms with Crippen molar-refractivity contribution in [2.75, 3.05) is 0 Å². The summed E-state index contributed by atoms with van der Waals surface area (Å²) in [7, 11) is 0. The fourth-order valence-corrected chi connectivity index (χ4v) is 4.56. The normalized spacial score (nSPS) is 11.8. The van der Waals surface area contributed by atoms with Crippen LogP contribution in [0.4, 0.5) is 0 Å². The number of hydrogen-bond acceptors (Lipinski definition) is 3. The number of fused-ring (bicyclic) bond motifs is 6. The first-order chi connectivity index (χ1) is 15.8. The van der Waals surface area contributed by atoms with Gasteiger partial charge in [0.05, 0.1) is 0 Å². The van der Waals surface area contributed by atoms with Crippen LogP contribution in [0.15, 0.2) is 112 Å². The van der Waals surface area contributed by atoms with E-state index in [-0.39, 0.29) is 0 Å². The minimum absolute atomic E-state index is 0.643. The Morgan fingerprint density at radius 3 is 2.31 bits per heavy atom. The van der Waals surface area contributed by atoms with E-state index in [1.165, 1.54) is 0 Å². The molecule has 0 radical (unpaired) electrons. The minimum Gasteiger partial charge on any atom is -0.455 e. The van der Waals surface area contributed by atoms with E-state index in [1.54, 1.807) is 0 Å². The third-order valence-electron chi connectivity index (χ3n) is 6.11. The number of rotatable bonds is 2. The number of nitrogens with zero attached hydrogens (tertiary/aromatic N) is 1. The van der Waals surface area contributed by atoms with Crippen molar-refractivity contribution in [3.8, 4) is 22.6 Å². The predicted molar refractivity (Wildman–Crippen MR) is 130 cm³/mol. The molecular formula is C29H17NO2. The molecule has 0 atom stereocenters. The zero-order valence-electron chi connectivity index (χ0n) is 17.1. The summed E-state index contributed by atoms with van der Waals surface area (Å²) in [6, 6.07) is 35.1. The maximum atomic E-state index is 6.24. The lowest BCUT2D eigenvalue weighted by atomic mass is 9.99. The zero-order chi connectivity index (χ0) is 21.1. The second kappa shape index (κ2) is 6.56. The Labute approximate surface area is 183 Å². The van der Waals surface area contributed by atoms with Gasteiger partial charge in [-0.15, -0.1) is 0 Å². The average molecular weight is 411 g/mol. The van der Waals surface area contributed by atoms with Crippen molar-refractivity contribution in [3.05, 3.63) is 103 Å². The first-order valence-corrected chi connectivity index (χ1v) is 10.6. The van der Waals surface area contributed by atoms with Gasteiger partial charge in [0.15, 0.2) is 5.58 Å². The minimum atomic E-state index is 0.643. The molecule has 3 heteroatoms. The zero-order valence-corrected chi connectivity index (χ0v) is 17.1. The third-order valence-corrected chi connectivity index (χ3v) is 6.11. The first-order valence-electron chi connectivity index (χ1n) is 10.6. The van der Waals surface area contributed by atoms with Crippen LogP contribution >= 0.6 is 0 Å². The van der Waals surface area contributed by atoms with Gasteiger partial charge in [0, 0.05) is 27.3 Å². The van der Waals surface area contributed by atoms with Crippen LogP contribution in [0, 0.1) is 0 Å². The molecule has 0 saturated heterocycles. The average Bonchev–Trinajstić information content (AvgIpc) is 3.46. The summed E-state index contributed by atoms with van der Waals surface area (Å²) < 4.78 is 12.4. The maximum absolute atomic E-state index is 6.24. The highest BCUT2D eigenvalue weighted by molar-refractivity contribution is 6.11. The summed E-state index contributed by atoms with van der Waals surface area (Å²) in [5.74, 6) is 0.643. The molecule has 0 N–H and O–H groups in total. The topological polar surface area (TPSA) is 39.2 Å². The van der Waals surface area contributed by atoms with Crippen molar-refractivity contribution >= 4 is 43.8 Å². The lowest BCUT2D eigenvalue weighted by molar-refractivity contribution is 0.623. The molecule has 0 amide bonds. The van der Waals surface area contributed by atoms with Gasteiger partial charge < -0.3 is 8.83 Å². The van der Waals surface area contributed by atoms with Gasteiger partial charge >= 0.3 is 0 Å². The van der Waals surface area contributed by atoms with E-state index in [4.69, 9.17) is 13.8 Å². The van der Waals surface area contributed by atoms with Crippen molar-refractivity contribution in [2.24, 2.45) is 0 Å². The van der Waals surface area contributed by atoms with Crippen molar-refractivity contribution in [1.29, 1.82) is 0 Å². The molecule has 0 fully saturated rings. The molecule has 3 nitrogen and oxygen atoms in total. The van der Waals surface area contributed by atoms with Crippen LogP contribution in [0.3, 0.4) is 0 Å². The molecular weight excluding hydrogens is 394 g/mol. The Balaban J connectivity index is 1.42. The fraction of sp³-hybridized carbons (Fsp3) is 0. The maximum Gasteiger partial charge on any atom is 0.227 e. The summed E-state index contributed by atoms with van der Waals surface area (Å²) in [6.45, 7) is 0. The van der Waals surface area contributed by atoms with Gasteiger partial charge in [-0.05, 0) is 47.3 Å². The van der Waals surface area contributed by atoms with Crippen LogP contribution in [0.25, 0.3) is 66.4 Å². The monoisotopic (exact) mass is 411 g/mol. The van der Waals surface area contributed by atoms with E-state index in [9.17, 15) is 0 Å². The molecule has 2 heterocycles. The number of hydrogen-bond donors (Lipinski definition) is 0. The number of aromatic nitrogens is 1. The second-order valence-electron chi connectivity index (χ2n) is 8.02. The predicted octanol–water partition coefficient (Wildman–Crippen LogP) is 8.21. The molecule has 0 aliphatic rings. The Morgan fingerprint density at radius 2 is 1.38 bits per heavy atom. The molecule has 0 aliphatic heterocycles. The SMILES string of the molecule is c1ccc(-c2nc3ccc4cc(-c5cccc6c5oc5ccccc56)ccc4c3o2)cc1. The lowest BCUT2D eigenvalue weighted by Crippen LogP contribution is -1.81. The van der Waals surface area contributed by atoms with Gasteiger partial charge in [-0.3, -0.25) is 0 Å². The highest BCUT2D eigenvalue weighted by atomic mass is 16.3. The number of furan rings is 1. The van der Waals surface area contributed by atoms with Crippen LogP contribution < -0.4 is 0 Å². The van der Waals surface area contributed by atoms with Crippen LogP contribution in [-0.4, -0.2) is 4.98 Å². The van der Waals surface area contributed by atoms with Gasteiger partial charge in [0.25, 0.3) is 0 Å². The number of benzene rings is 5. The Hall–Kier alpha value is -4.37. The van der Waals surface area contributed by atoms with Crippen molar-refractivity contribution in [2.45, 2.75) is 0 Å². The van der Waals surface area contributed by atoms with E-state index in [0.29, 0.717) is 5.89 Å². The van der Waals surface area contributed by atoms with Crippen molar-refractivity contribution < 1.29 is 8.83 Å². The van der Waals surface area contributed by atoms with E-state index in [0.717, 1.165) is 60.5 Å². The molecule has 2 aromatic heterocycles. The molecule has 0 aliphatic carbocycles. The quantitative estimate of drug-likeness (QED) is 0.288. The standard InChI is InChI=1S/C29H17NO2/c1-2-7-18(8-3-1)29-30-25-16-14-20-17-19(13-15-22(20)28(25)32-29)21-10-6-11-24-23-9-4-5-12-26(23)31-27(21)24/h1-17H. The van der Waals surface area contributed by atoms with E-state index in [2.05, 4.69) is 48.5 Å². The third kappa shape index (κ3) is 2.51. The molecule has 0 unspecified atom stereocenters. The highest BCUT2D eigenvalue weighted by Crippen LogP contribution is 2.38. The van der Waals surface area contributed by atoms with Gasteiger partial charge in [-0.25, -0.2) is 4.98 Å². The molecule has 7 rings (SSSR count). The smallest absolute Gasteiger partial charge is 0.227 e. The lowest BCUT2D eigenvalue weighted by Gasteiger charge is -2.05. The van der Waals surface area contributed by atoms with Crippen LogP contribution in [-0.2, 0) is 0 Å². The summed E-state index contributed by atoms with van der Waals surface area (Å²) >= 11 is 0. The fourth-order valence-electron chi connectivity index (χ4n) is 4.56. The molecule has 0 bridgehead atoms. The van der Waals surface area contributed by atoms with Crippen molar-refractivity contribution in [3.63, 3.8) is 0 Å². The van der Waals surface area contributed by atoms with E-state index < -0.39 is 0 Å². The molecule has 5 aromatic carbocycles. The van der Waals surface area contributed by atoms with Gasteiger partial charge in [0.2, 0.25) is 5.89 Å². The summed E-state index contributed by atoms with van der Waals surface area (Å²) in [6.07, 6.45) is 0. The Kier molecular flexibility index (Phi) is 3.55.